The lowest BCUT2D eigenvalue weighted by Gasteiger charge is -2.23. The largest absolute Gasteiger partial charge is 0.469 e. The molecule has 28 heavy (non-hydrogen) atoms. The molecule has 3 aromatic rings. The zero-order chi connectivity index (χ0) is 20.3. The Balaban J connectivity index is 2.15. The third-order valence-corrected chi connectivity index (χ3v) is 4.45. The van der Waals surface area contributed by atoms with Crippen LogP contribution in [0.25, 0.3) is 0 Å². The minimum absolute atomic E-state index is 0.0320. The van der Waals surface area contributed by atoms with Crippen molar-refractivity contribution in [1.82, 2.24) is 9.55 Å². The summed E-state index contributed by atoms with van der Waals surface area (Å²) in [5.41, 5.74) is 5.02. The van der Waals surface area contributed by atoms with Crippen LogP contribution < -0.4 is 21.9 Å². The summed E-state index contributed by atoms with van der Waals surface area (Å²) in [5.74, 6) is 0.312. The first-order chi connectivity index (χ1) is 13.4. The second kappa shape index (κ2) is 8.03. The fraction of sp³-hybridized carbons (Fsp3) is 0.316. The number of amides is 1. The zero-order valence-electron chi connectivity index (χ0n) is 15.7. The van der Waals surface area contributed by atoms with E-state index in [-0.39, 0.29) is 23.6 Å². The Morgan fingerprint density at radius 2 is 2.04 bits per heavy atom. The van der Waals surface area contributed by atoms with E-state index in [1.165, 1.54) is 28.1 Å². The molecule has 0 saturated carbocycles. The molecule has 0 aliphatic rings. The second-order valence-corrected chi connectivity index (χ2v) is 6.36. The Hall–Kier alpha value is -3.49. The number of nitrogens with two attached hydrogens (primary N) is 1. The summed E-state index contributed by atoms with van der Waals surface area (Å²) in [6, 6.07) is 4.88. The van der Waals surface area contributed by atoms with Gasteiger partial charge >= 0.3 is 5.69 Å². The lowest BCUT2D eigenvalue weighted by atomic mass is 10.2. The van der Waals surface area contributed by atoms with E-state index in [0.717, 1.165) is 6.42 Å². The van der Waals surface area contributed by atoms with Crippen LogP contribution >= 0.6 is 0 Å². The number of nitrogens with one attached hydrogen (secondary N) is 1. The van der Waals surface area contributed by atoms with E-state index >= 15 is 0 Å². The normalized spacial score (nSPS) is 10.9. The van der Waals surface area contributed by atoms with Gasteiger partial charge in [0.1, 0.15) is 17.3 Å². The van der Waals surface area contributed by atoms with Crippen molar-refractivity contribution >= 4 is 17.4 Å². The number of hydrogen-bond donors (Lipinski definition) is 2. The lowest BCUT2D eigenvalue weighted by Crippen LogP contribution is -2.41. The summed E-state index contributed by atoms with van der Waals surface area (Å²) in [6.07, 6.45) is 4.40. The molecule has 0 aliphatic heterocycles. The average Bonchev–Trinajstić information content (AvgIpc) is 3.31. The SMILES string of the molecule is CCCCn1c(N)c(N(Cc2ccco2)C(=O)c2ccoc2C)c(=O)[nH]c1=O. The number of H-pyrrole nitrogens is 1. The number of aryl methyl sites for hydroxylation is 1. The van der Waals surface area contributed by atoms with E-state index in [1.54, 1.807) is 19.1 Å². The molecular formula is C19H22N4O5. The molecule has 0 bridgehead atoms. The Kier molecular flexibility index (Phi) is 5.53. The van der Waals surface area contributed by atoms with Gasteiger partial charge in [-0.25, -0.2) is 4.79 Å². The first-order valence-electron chi connectivity index (χ1n) is 8.95. The molecule has 0 spiro atoms. The Morgan fingerprint density at radius 1 is 1.25 bits per heavy atom. The monoisotopic (exact) mass is 386 g/mol. The van der Waals surface area contributed by atoms with Gasteiger partial charge in [-0.15, -0.1) is 0 Å². The smallest absolute Gasteiger partial charge is 0.330 e. The summed E-state index contributed by atoms with van der Waals surface area (Å²) in [7, 11) is 0. The molecule has 3 rings (SSSR count). The number of furan rings is 2. The van der Waals surface area contributed by atoms with Crippen molar-refractivity contribution in [2.75, 3.05) is 10.6 Å². The number of nitrogens with zero attached hydrogens (tertiary/aromatic N) is 2. The molecule has 148 valence electrons. The van der Waals surface area contributed by atoms with E-state index in [4.69, 9.17) is 14.6 Å². The molecular weight excluding hydrogens is 364 g/mol. The third-order valence-electron chi connectivity index (χ3n) is 4.45. The maximum absolute atomic E-state index is 13.2. The molecule has 0 aromatic carbocycles. The molecule has 3 N–H and O–H groups in total. The van der Waals surface area contributed by atoms with Crippen LogP contribution in [0.5, 0.6) is 0 Å². The molecule has 9 nitrogen and oxygen atoms in total. The van der Waals surface area contributed by atoms with Crippen LogP contribution in [0, 0.1) is 6.92 Å². The Bertz CT molecular complexity index is 1070. The van der Waals surface area contributed by atoms with E-state index in [1.807, 2.05) is 6.92 Å². The van der Waals surface area contributed by atoms with Crippen molar-refractivity contribution in [3.63, 3.8) is 0 Å². The number of carbonyl (C=O) groups is 1. The van der Waals surface area contributed by atoms with Crippen LogP contribution in [0.4, 0.5) is 11.5 Å². The number of aromatic amines is 1. The molecule has 0 unspecified atom stereocenters. The van der Waals surface area contributed by atoms with Gasteiger partial charge in [0.05, 0.1) is 24.6 Å². The van der Waals surface area contributed by atoms with Crippen molar-refractivity contribution in [3.05, 3.63) is 68.6 Å². The van der Waals surface area contributed by atoms with Gasteiger partial charge in [0.15, 0.2) is 5.69 Å². The first-order valence-corrected chi connectivity index (χ1v) is 8.95. The lowest BCUT2D eigenvalue weighted by molar-refractivity contribution is 0.0981. The minimum Gasteiger partial charge on any atom is -0.469 e. The molecule has 9 heteroatoms. The van der Waals surface area contributed by atoms with Crippen molar-refractivity contribution in [3.8, 4) is 0 Å². The fourth-order valence-corrected chi connectivity index (χ4v) is 2.94. The van der Waals surface area contributed by atoms with Crippen molar-refractivity contribution in [1.29, 1.82) is 0 Å². The predicted molar refractivity (Wildman–Crippen MR) is 103 cm³/mol. The third kappa shape index (κ3) is 3.64. The molecule has 1 amide bonds. The van der Waals surface area contributed by atoms with Gasteiger partial charge in [-0.05, 0) is 31.5 Å². The van der Waals surface area contributed by atoms with Crippen molar-refractivity contribution in [2.24, 2.45) is 0 Å². The van der Waals surface area contributed by atoms with Gasteiger partial charge in [0.25, 0.3) is 11.5 Å². The van der Waals surface area contributed by atoms with Gasteiger partial charge in [0, 0.05) is 6.54 Å². The topological polar surface area (TPSA) is 127 Å². The Morgan fingerprint density at radius 3 is 2.64 bits per heavy atom. The maximum atomic E-state index is 13.2. The standard InChI is InChI=1S/C19H22N4O5/c1-3-4-8-22-16(20)15(17(24)21-19(22)26)23(11-13-6-5-9-28-13)18(25)14-7-10-27-12(14)2/h5-7,9-10H,3-4,8,11,20H2,1-2H3,(H,21,24,26). The molecule has 0 saturated heterocycles. The first kappa shape index (κ1) is 19.3. The van der Waals surface area contributed by atoms with Crippen LogP contribution in [0.15, 0.2) is 49.1 Å². The number of anilines is 2. The Labute approximate surface area is 160 Å². The average molecular weight is 386 g/mol. The van der Waals surface area contributed by atoms with E-state index in [0.29, 0.717) is 24.5 Å². The summed E-state index contributed by atoms with van der Waals surface area (Å²) < 4.78 is 11.8. The molecule has 0 fully saturated rings. The van der Waals surface area contributed by atoms with Gasteiger partial charge in [-0.3, -0.25) is 24.0 Å². The summed E-state index contributed by atoms with van der Waals surface area (Å²) in [5, 5.41) is 0. The van der Waals surface area contributed by atoms with Crippen LogP contribution in [0.1, 0.15) is 41.6 Å². The number of unbranched alkanes of at least 4 members (excludes halogenated alkanes) is 1. The molecule has 0 aliphatic carbocycles. The second-order valence-electron chi connectivity index (χ2n) is 6.36. The molecule has 0 atom stereocenters. The minimum atomic E-state index is -0.740. The summed E-state index contributed by atoms with van der Waals surface area (Å²) >= 11 is 0. The summed E-state index contributed by atoms with van der Waals surface area (Å²) in [4.78, 5) is 41.5. The predicted octanol–water partition coefficient (Wildman–Crippen LogP) is 2.26. The highest BCUT2D eigenvalue weighted by Crippen LogP contribution is 2.24. The van der Waals surface area contributed by atoms with Crippen LogP contribution in [-0.2, 0) is 13.1 Å². The van der Waals surface area contributed by atoms with Crippen LogP contribution in [-0.4, -0.2) is 15.5 Å². The quantitative estimate of drug-likeness (QED) is 0.641. The van der Waals surface area contributed by atoms with Crippen molar-refractivity contribution in [2.45, 2.75) is 39.8 Å². The number of hydrogen-bond acceptors (Lipinski definition) is 6. The maximum Gasteiger partial charge on any atom is 0.330 e. The zero-order valence-corrected chi connectivity index (χ0v) is 15.7. The molecule has 3 heterocycles. The highest BCUT2D eigenvalue weighted by atomic mass is 16.3. The highest BCUT2D eigenvalue weighted by molar-refractivity contribution is 6.07. The summed E-state index contributed by atoms with van der Waals surface area (Å²) in [6.45, 7) is 3.92. The van der Waals surface area contributed by atoms with E-state index in [2.05, 4.69) is 4.98 Å². The van der Waals surface area contributed by atoms with Gasteiger partial charge in [0.2, 0.25) is 0 Å². The molecule has 0 radical (unpaired) electrons. The van der Waals surface area contributed by atoms with E-state index < -0.39 is 17.2 Å². The fourth-order valence-electron chi connectivity index (χ4n) is 2.94. The molecule has 3 aromatic heterocycles. The van der Waals surface area contributed by atoms with Crippen LogP contribution in [0.2, 0.25) is 0 Å². The number of nitrogen functional groups attached to an aromatic ring is 1. The van der Waals surface area contributed by atoms with E-state index in [9.17, 15) is 14.4 Å². The number of carbonyl (C=O) groups excluding carboxylic acids is 1. The van der Waals surface area contributed by atoms with Crippen molar-refractivity contribution < 1.29 is 13.6 Å². The van der Waals surface area contributed by atoms with Gasteiger partial charge in [-0.1, -0.05) is 13.3 Å². The number of aromatic nitrogens is 2. The highest BCUT2D eigenvalue weighted by Gasteiger charge is 2.28. The van der Waals surface area contributed by atoms with Gasteiger partial charge in [-0.2, -0.15) is 0 Å². The van der Waals surface area contributed by atoms with Gasteiger partial charge < -0.3 is 14.6 Å². The van der Waals surface area contributed by atoms with Crippen LogP contribution in [0.3, 0.4) is 0 Å². The number of rotatable bonds is 7.